The van der Waals surface area contributed by atoms with Crippen molar-refractivity contribution >= 4 is 22.0 Å². The molecule has 4 heterocycles. The fraction of sp³-hybridized carbons (Fsp3) is 0.286. The number of phenolic OH excluding ortho intramolecular Hbond substituents is 1. The van der Waals surface area contributed by atoms with E-state index in [4.69, 9.17) is 4.42 Å². The van der Waals surface area contributed by atoms with Crippen molar-refractivity contribution in [3.05, 3.63) is 52.8 Å². The highest BCUT2D eigenvalue weighted by atomic mass is 16.3. The van der Waals surface area contributed by atoms with E-state index in [0.717, 1.165) is 25.9 Å². The Morgan fingerprint density at radius 1 is 1.14 bits per heavy atom. The van der Waals surface area contributed by atoms with Crippen LogP contribution in [0.25, 0.3) is 33.3 Å². The number of nitrogens with zero attached hydrogens (tertiary/aromatic N) is 3. The summed E-state index contributed by atoms with van der Waals surface area (Å²) in [5.74, 6) is 0.618. The van der Waals surface area contributed by atoms with E-state index in [9.17, 15) is 9.90 Å². The van der Waals surface area contributed by atoms with Crippen molar-refractivity contribution in [3.63, 3.8) is 0 Å². The molecule has 0 spiro atoms. The fourth-order valence-electron chi connectivity index (χ4n) is 3.95. The predicted octanol–water partition coefficient (Wildman–Crippen LogP) is 3.14. The molecular weight excluding hydrogens is 356 g/mol. The van der Waals surface area contributed by atoms with Crippen LogP contribution in [0.5, 0.6) is 5.75 Å². The number of fused-ring (bicyclic) bond motifs is 2. The Hall–Kier alpha value is -3.19. The fourth-order valence-corrected chi connectivity index (χ4v) is 3.95. The van der Waals surface area contributed by atoms with Crippen molar-refractivity contribution in [2.24, 2.45) is 0 Å². The standard InChI is InChI=1S/C21H20N4O3/c1-12-23-18-11-19(26)15(10-20(18)28-12)16-3-2-14-17(24-16)6-9-25(21(14)27)13-4-7-22-8-5-13/h2-3,6,9-11,13,22,26H,4-5,7-8H2,1H3. The van der Waals surface area contributed by atoms with Crippen LogP contribution in [0.15, 0.2) is 45.7 Å². The number of aryl methyl sites for hydroxylation is 1. The zero-order chi connectivity index (χ0) is 19.3. The molecule has 3 aromatic heterocycles. The second-order valence-corrected chi connectivity index (χ2v) is 7.21. The molecule has 28 heavy (non-hydrogen) atoms. The van der Waals surface area contributed by atoms with Crippen molar-refractivity contribution in [1.29, 1.82) is 0 Å². The molecule has 2 N–H and O–H groups in total. The number of oxazole rings is 1. The molecular formula is C21H20N4O3. The first-order valence-corrected chi connectivity index (χ1v) is 9.43. The summed E-state index contributed by atoms with van der Waals surface area (Å²) in [5, 5.41) is 14.3. The van der Waals surface area contributed by atoms with Crippen molar-refractivity contribution in [3.8, 4) is 17.0 Å². The van der Waals surface area contributed by atoms with Crippen molar-refractivity contribution in [1.82, 2.24) is 19.9 Å². The number of aromatic nitrogens is 3. The molecule has 0 aliphatic carbocycles. The zero-order valence-corrected chi connectivity index (χ0v) is 15.5. The van der Waals surface area contributed by atoms with Crippen molar-refractivity contribution < 1.29 is 9.52 Å². The SMILES string of the molecule is Cc1nc2cc(O)c(-c3ccc4c(=O)n(C5CCNCC5)ccc4n3)cc2o1. The van der Waals surface area contributed by atoms with Gasteiger partial charge in [0.25, 0.3) is 5.56 Å². The van der Waals surface area contributed by atoms with Gasteiger partial charge in [0, 0.05) is 30.8 Å². The van der Waals surface area contributed by atoms with Crippen LogP contribution in [0.2, 0.25) is 0 Å². The Bertz CT molecular complexity index is 1250. The van der Waals surface area contributed by atoms with Gasteiger partial charge in [-0.2, -0.15) is 0 Å². The number of hydrogen-bond donors (Lipinski definition) is 2. The zero-order valence-electron chi connectivity index (χ0n) is 15.5. The topological polar surface area (TPSA) is 93.2 Å². The normalized spacial score (nSPS) is 15.5. The molecule has 0 amide bonds. The van der Waals surface area contributed by atoms with Gasteiger partial charge >= 0.3 is 0 Å². The molecule has 0 atom stereocenters. The number of benzene rings is 1. The van der Waals surface area contributed by atoms with E-state index in [-0.39, 0.29) is 17.4 Å². The average Bonchev–Trinajstić information content (AvgIpc) is 3.07. The van der Waals surface area contributed by atoms with Crippen LogP contribution in [0.3, 0.4) is 0 Å². The van der Waals surface area contributed by atoms with E-state index in [1.165, 1.54) is 0 Å². The summed E-state index contributed by atoms with van der Waals surface area (Å²) in [5.41, 5.74) is 2.92. The van der Waals surface area contributed by atoms with Crippen LogP contribution in [0.4, 0.5) is 0 Å². The van der Waals surface area contributed by atoms with E-state index in [0.29, 0.717) is 39.2 Å². The minimum atomic E-state index is -0.0195. The molecule has 1 aromatic carbocycles. The third kappa shape index (κ3) is 2.75. The summed E-state index contributed by atoms with van der Waals surface area (Å²) < 4.78 is 7.39. The van der Waals surface area contributed by atoms with Gasteiger partial charge in [-0.25, -0.2) is 9.97 Å². The number of piperidine rings is 1. The molecule has 7 nitrogen and oxygen atoms in total. The van der Waals surface area contributed by atoms with Gasteiger partial charge in [-0.05, 0) is 50.2 Å². The monoisotopic (exact) mass is 376 g/mol. The first kappa shape index (κ1) is 16.9. The van der Waals surface area contributed by atoms with Gasteiger partial charge in [-0.1, -0.05) is 0 Å². The smallest absolute Gasteiger partial charge is 0.260 e. The lowest BCUT2D eigenvalue weighted by Gasteiger charge is -2.24. The molecule has 0 bridgehead atoms. The summed E-state index contributed by atoms with van der Waals surface area (Å²) in [7, 11) is 0. The first-order valence-electron chi connectivity index (χ1n) is 9.43. The lowest BCUT2D eigenvalue weighted by Crippen LogP contribution is -2.34. The number of aromatic hydroxyl groups is 1. The van der Waals surface area contributed by atoms with Crippen LogP contribution in [-0.2, 0) is 0 Å². The highest BCUT2D eigenvalue weighted by molar-refractivity contribution is 5.86. The minimum absolute atomic E-state index is 0.0195. The first-order chi connectivity index (χ1) is 13.6. The van der Waals surface area contributed by atoms with Gasteiger partial charge in [-0.3, -0.25) is 4.79 Å². The number of phenols is 1. The van der Waals surface area contributed by atoms with Crippen LogP contribution in [-0.4, -0.2) is 32.7 Å². The molecule has 0 unspecified atom stereocenters. The number of nitrogens with one attached hydrogen (secondary N) is 1. The quantitative estimate of drug-likeness (QED) is 0.558. The predicted molar refractivity (Wildman–Crippen MR) is 107 cm³/mol. The maximum atomic E-state index is 12.9. The van der Waals surface area contributed by atoms with Gasteiger partial charge in [0.1, 0.15) is 11.3 Å². The molecule has 0 saturated carbocycles. The summed E-state index contributed by atoms with van der Waals surface area (Å²) in [6.45, 7) is 3.61. The number of pyridine rings is 2. The van der Waals surface area contributed by atoms with Crippen LogP contribution in [0.1, 0.15) is 24.8 Å². The Kier molecular flexibility index (Phi) is 3.91. The Morgan fingerprint density at radius 2 is 1.96 bits per heavy atom. The Morgan fingerprint density at radius 3 is 2.79 bits per heavy atom. The number of rotatable bonds is 2. The highest BCUT2D eigenvalue weighted by Crippen LogP contribution is 2.33. The van der Waals surface area contributed by atoms with Gasteiger partial charge in [0.15, 0.2) is 11.5 Å². The Labute approximate surface area is 160 Å². The Balaban J connectivity index is 1.60. The average molecular weight is 376 g/mol. The van der Waals surface area contributed by atoms with Gasteiger partial charge in [0.2, 0.25) is 0 Å². The van der Waals surface area contributed by atoms with E-state index in [1.54, 1.807) is 31.2 Å². The summed E-state index contributed by atoms with van der Waals surface area (Å²) in [4.78, 5) is 21.8. The van der Waals surface area contributed by atoms with E-state index in [2.05, 4.69) is 15.3 Å². The van der Waals surface area contributed by atoms with Crippen LogP contribution >= 0.6 is 0 Å². The van der Waals surface area contributed by atoms with E-state index < -0.39 is 0 Å². The lowest BCUT2D eigenvalue weighted by atomic mass is 10.1. The third-order valence-corrected chi connectivity index (χ3v) is 5.37. The molecule has 4 aromatic rings. The maximum absolute atomic E-state index is 12.9. The summed E-state index contributed by atoms with van der Waals surface area (Å²) in [6, 6.07) is 8.94. The van der Waals surface area contributed by atoms with Gasteiger partial charge < -0.3 is 19.4 Å². The molecule has 0 radical (unpaired) electrons. The van der Waals surface area contributed by atoms with E-state index >= 15 is 0 Å². The van der Waals surface area contributed by atoms with Crippen molar-refractivity contribution in [2.45, 2.75) is 25.8 Å². The van der Waals surface area contributed by atoms with Gasteiger partial charge in [0.05, 0.1) is 16.6 Å². The van der Waals surface area contributed by atoms with E-state index in [1.807, 2.05) is 16.8 Å². The highest BCUT2D eigenvalue weighted by Gasteiger charge is 2.18. The molecule has 1 aliphatic rings. The molecule has 7 heteroatoms. The largest absolute Gasteiger partial charge is 0.507 e. The second kappa shape index (κ2) is 6.45. The van der Waals surface area contributed by atoms with Gasteiger partial charge in [-0.15, -0.1) is 0 Å². The molecule has 1 saturated heterocycles. The lowest BCUT2D eigenvalue weighted by molar-refractivity contribution is 0.362. The maximum Gasteiger partial charge on any atom is 0.260 e. The summed E-state index contributed by atoms with van der Waals surface area (Å²) >= 11 is 0. The van der Waals surface area contributed by atoms with Crippen LogP contribution < -0.4 is 10.9 Å². The van der Waals surface area contributed by atoms with Crippen LogP contribution in [0, 0.1) is 6.92 Å². The summed E-state index contributed by atoms with van der Waals surface area (Å²) in [6.07, 6.45) is 3.73. The molecule has 1 aliphatic heterocycles. The van der Waals surface area contributed by atoms with Crippen molar-refractivity contribution in [2.75, 3.05) is 13.1 Å². The molecule has 5 rings (SSSR count). The second-order valence-electron chi connectivity index (χ2n) is 7.21. The molecule has 142 valence electrons. The molecule has 1 fully saturated rings. The number of hydrogen-bond acceptors (Lipinski definition) is 6. The minimum Gasteiger partial charge on any atom is -0.507 e. The third-order valence-electron chi connectivity index (χ3n) is 5.37.